The molecule has 186 valence electrons. The first-order chi connectivity index (χ1) is 15.0. The van der Waals surface area contributed by atoms with Crippen molar-refractivity contribution in [2.75, 3.05) is 0 Å². The van der Waals surface area contributed by atoms with Gasteiger partial charge in [-0.05, 0) is 67.4 Å². The number of alkyl halides is 3. The van der Waals surface area contributed by atoms with Crippen molar-refractivity contribution in [1.82, 2.24) is 0 Å². The minimum absolute atomic E-state index is 0.0289. The third kappa shape index (κ3) is 8.26. The quantitative estimate of drug-likeness (QED) is 0.321. The molecule has 1 aliphatic carbocycles. The molecule has 1 fully saturated rings. The van der Waals surface area contributed by atoms with E-state index >= 15 is 0 Å². The number of hydrogen-bond acceptors (Lipinski definition) is 3. The van der Waals surface area contributed by atoms with Gasteiger partial charge < -0.3 is 14.6 Å². The van der Waals surface area contributed by atoms with E-state index in [4.69, 9.17) is 9.53 Å². The van der Waals surface area contributed by atoms with E-state index in [2.05, 4.69) is 33.9 Å². The zero-order chi connectivity index (χ0) is 25.1. The van der Waals surface area contributed by atoms with Gasteiger partial charge in [-0.3, -0.25) is 4.79 Å². The van der Waals surface area contributed by atoms with Crippen molar-refractivity contribution in [3.05, 3.63) is 47.5 Å². The highest BCUT2D eigenvalue weighted by Gasteiger charge is 2.39. The number of aliphatic hydroxyl groups is 1. The predicted octanol–water partition coefficient (Wildman–Crippen LogP) is 6.59. The van der Waals surface area contributed by atoms with Crippen molar-refractivity contribution in [1.29, 1.82) is 0 Å². The molecule has 0 spiro atoms. The van der Waals surface area contributed by atoms with Gasteiger partial charge in [0.25, 0.3) is 0 Å². The van der Waals surface area contributed by atoms with Crippen molar-refractivity contribution in [2.45, 2.75) is 95.3 Å². The second kappa shape index (κ2) is 10.3. The summed E-state index contributed by atoms with van der Waals surface area (Å²) < 4.78 is 45.3. The van der Waals surface area contributed by atoms with Crippen molar-refractivity contribution in [3.8, 4) is 0 Å². The summed E-state index contributed by atoms with van der Waals surface area (Å²) in [6, 6.07) is 5.17. The lowest BCUT2D eigenvalue weighted by Crippen LogP contribution is -2.44. The van der Waals surface area contributed by atoms with Gasteiger partial charge in [-0.25, -0.2) is 0 Å². The van der Waals surface area contributed by atoms with Crippen LogP contribution in [0, 0.1) is 5.92 Å². The van der Waals surface area contributed by atoms with Gasteiger partial charge in [0.2, 0.25) is 0 Å². The van der Waals surface area contributed by atoms with E-state index in [-0.39, 0.29) is 23.5 Å². The average Bonchev–Trinajstić information content (AvgIpc) is 2.64. The summed E-state index contributed by atoms with van der Waals surface area (Å²) in [4.78, 5) is 11.1. The SMILES string of the molecule is CC(C)(C)[Si](C)(C)OC(C=CC1CCCC(O)(CC(=O)O)C1)Cc1ccc(C(F)(F)F)cc1. The van der Waals surface area contributed by atoms with Crippen LogP contribution in [-0.2, 0) is 21.8 Å². The van der Waals surface area contributed by atoms with Crippen molar-refractivity contribution < 1.29 is 32.6 Å². The average molecular weight is 487 g/mol. The predicted molar refractivity (Wildman–Crippen MR) is 126 cm³/mol. The molecule has 0 amide bonds. The third-order valence-electron chi connectivity index (χ3n) is 6.91. The minimum atomic E-state index is -4.37. The van der Waals surface area contributed by atoms with E-state index in [1.165, 1.54) is 12.1 Å². The highest BCUT2D eigenvalue weighted by Crippen LogP contribution is 2.39. The van der Waals surface area contributed by atoms with Gasteiger partial charge in [-0.15, -0.1) is 0 Å². The number of carboxylic acids is 1. The zero-order valence-corrected chi connectivity index (χ0v) is 21.2. The van der Waals surface area contributed by atoms with E-state index in [0.29, 0.717) is 19.3 Å². The van der Waals surface area contributed by atoms with Crippen LogP contribution in [0.5, 0.6) is 0 Å². The minimum Gasteiger partial charge on any atom is -0.481 e. The maximum atomic E-state index is 12.9. The smallest absolute Gasteiger partial charge is 0.416 e. The van der Waals surface area contributed by atoms with E-state index in [9.17, 15) is 23.1 Å². The monoisotopic (exact) mass is 486 g/mol. The van der Waals surface area contributed by atoms with Crippen molar-refractivity contribution in [3.63, 3.8) is 0 Å². The molecule has 0 aliphatic heterocycles. The van der Waals surface area contributed by atoms with Crippen LogP contribution >= 0.6 is 0 Å². The fourth-order valence-electron chi connectivity index (χ4n) is 4.04. The van der Waals surface area contributed by atoms with Gasteiger partial charge in [-0.1, -0.05) is 45.1 Å². The first kappa shape index (κ1) is 27.6. The van der Waals surface area contributed by atoms with Gasteiger partial charge in [0.05, 0.1) is 23.7 Å². The number of allylic oxidation sites excluding steroid dienone is 1. The molecule has 1 aromatic rings. The topological polar surface area (TPSA) is 66.8 Å². The first-order valence-electron chi connectivity index (χ1n) is 11.5. The van der Waals surface area contributed by atoms with Gasteiger partial charge in [0.1, 0.15) is 0 Å². The number of hydrogen-bond donors (Lipinski definition) is 2. The number of aliphatic carboxylic acids is 1. The standard InChI is InChI=1S/C25H37F3O4Si/c1-23(2,3)33(4,5)32-21(15-18-8-11-20(12-9-18)25(26,27)28)13-10-19-7-6-14-24(31,16-19)17-22(29)30/h8-13,19,21,31H,6-7,14-17H2,1-5H3,(H,29,30). The molecule has 8 heteroatoms. The van der Waals surface area contributed by atoms with E-state index in [1.807, 2.05) is 12.2 Å². The van der Waals surface area contributed by atoms with Crippen LogP contribution < -0.4 is 0 Å². The van der Waals surface area contributed by atoms with Gasteiger partial charge in [-0.2, -0.15) is 13.2 Å². The summed E-state index contributed by atoms with van der Waals surface area (Å²) in [6.45, 7) is 10.7. The van der Waals surface area contributed by atoms with Gasteiger partial charge >= 0.3 is 12.1 Å². The largest absolute Gasteiger partial charge is 0.481 e. The summed E-state index contributed by atoms with van der Waals surface area (Å²) in [6.07, 6.45) is 1.86. The Labute approximate surface area is 196 Å². The fraction of sp³-hybridized carbons (Fsp3) is 0.640. The lowest BCUT2D eigenvalue weighted by atomic mass is 9.76. The molecule has 1 aliphatic rings. The molecule has 2 N–H and O–H groups in total. The van der Waals surface area contributed by atoms with Crippen molar-refractivity contribution in [2.24, 2.45) is 5.92 Å². The van der Waals surface area contributed by atoms with Crippen LogP contribution in [0.15, 0.2) is 36.4 Å². The van der Waals surface area contributed by atoms with Crippen molar-refractivity contribution >= 4 is 14.3 Å². The first-order valence-corrected chi connectivity index (χ1v) is 14.4. The van der Waals surface area contributed by atoms with Crippen LogP contribution in [0.3, 0.4) is 0 Å². The van der Waals surface area contributed by atoms with Crippen LogP contribution in [-0.4, -0.2) is 36.2 Å². The van der Waals surface area contributed by atoms with Crippen LogP contribution in [0.1, 0.15) is 64.0 Å². The maximum absolute atomic E-state index is 12.9. The molecule has 2 rings (SSSR count). The van der Waals surface area contributed by atoms with E-state index < -0.39 is 31.6 Å². The Hall–Kier alpha value is -1.64. The molecule has 1 aromatic carbocycles. The van der Waals surface area contributed by atoms with Crippen LogP contribution in [0.25, 0.3) is 0 Å². The third-order valence-corrected chi connectivity index (χ3v) is 11.4. The van der Waals surface area contributed by atoms with Gasteiger partial charge in [0.15, 0.2) is 8.32 Å². The lowest BCUT2D eigenvalue weighted by molar-refractivity contribution is -0.144. The van der Waals surface area contributed by atoms with E-state index in [0.717, 1.165) is 30.5 Å². The highest BCUT2D eigenvalue weighted by molar-refractivity contribution is 6.74. The molecule has 33 heavy (non-hydrogen) atoms. The Balaban J connectivity index is 2.21. The Morgan fingerprint density at radius 1 is 1.24 bits per heavy atom. The fourth-order valence-corrected chi connectivity index (χ4v) is 5.31. The molecule has 0 heterocycles. The van der Waals surface area contributed by atoms with Crippen LogP contribution in [0.4, 0.5) is 13.2 Å². The number of benzene rings is 1. The number of carbonyl (C=O) groups is 1. The second-order valence-electron chi connectivity index (χ2n) is 10.9. The van der Waals surface area contributed by atoms with E-state index in [1.54, 1.807) is 0 Å². The maximum Gasteiger partial charge on any atom is 0.416 e. The number of carboxylic acid groups (broad SMARTS) is 1. The molecular weight excluding hydrogens is 449 g/mol. The molecule has 3 atom stereocenters. The Kier molecular flexibility index (Phi) is 8.63. The second-order valence-corrected chi connectivity index (χ2v) is 15.6. The molecular formula is C25H37F3O4Si. The molecule has 0 saturated heterocycles. The molecule has 0 aromatic heterocycles. The lowest BCUT2D eigenvalue weighted by Gasteiger charge is -2.39. The Bertz CT molecular complexity index is 828. The summed E-state index contributed by atoms with van der Waals surface area (Å²) in [5, 5.41) is 19.7. The molecule has 0 bridgehead atoms. The molecule has 3 unspecified atom stereocenters. The number of halogens is 3. The molecule has 0 radical (unpaired) electrons. The highest BCUT2D eigenvalue weighted by atomic mass is 28.4. The summed E-state index contributed by atoms with van der Waals surface area (Å²) in [5.74, 6) is -0.982. The van der Waals surface area contributed by atoms with Gasteiger partial charge in [0, 0.05) is 6.42 Å². The Morgan fingerprint density at radius 2 is 1.85 bits per heavy atom. The number of rotatable bonds is 8. The summed E-state index contributed by atoms with van der Waals surface area (Å²) >= 11 is 0. The molecule has 1 saturated carbocycles. The zero-order valence-electron chi connectivity index (χ0n) is 20.2. The summed E-state index contributed by atoms with van der Waals surface area (Å²) in [7, 11) is -2.16. The Morgan fingerprint density at radius 3 is 2.36 bits per heavy atom. The summed E-state index contributed by atoms with van der Waals surface area (Å²) in [5.41, 5.74) is -1.13. The molecule has 4 nitrogen and oxygen atoms in total. The normalized spacial score (nSPS) is 23.6. The van der Waals surface area contributed by atoms with Crippen LogP contribution in [0.2, 0.25) is 18.1 Å².